The van der Waals surface area contributed by atoms with Gasteiger partial charge in [-0.1, -0.05) is 13.8 Å². The van der Waals surface area contributed by atoms with Crippen molar-refractivity contribution in [3.63, 3.8) is 0 Å². The number of hydrogen-bond acceptors (Lipinski definition) is 6. The van der Waals surface area contributed by atoms with Crippen molar-refractivity contribution in [1.29, 1.82) is 0 Å². The molecule has 1 fully saturated rings. The molecule has 1 aromatic rings. The second-order valence-corrected chi connectivity index (χ2v) is 6.98. The topological polar surface area (TPSA) is 96.1 Å². The zero-order valence-corrected chi connectivity index (χ0v) is 13.5. The molecule has 21 heavy (non-hydrogen) atoms. The van der Waals surface area contributed by atoms with E-state index in [0.717, 1.165) is 37.1 Å². The van der Waals surface area contributed by atoms with Crippen LogP contribution in [0.5, 0.6) is 0 Å². The lowest BCUT2D eigenvalue weighted by atomic mass is 9.71. The third-order valence-electron chi connectivity index (χ3n) is 4.51. The molecule has 0 amide bonds. The summed E-state index contributed by atoms with van der Waals surface area (Å²) in [5, 5.41) is 14.0. The van der Waals surface area contributed by atoms with Gasteiger partial charge in [0, 0.05) is 12.1 Å². The Bertz CT molecular complexity index is 505. The highest BCUT2D eigenvalue weighted by Gasteiger charge is 2.36. The van der Waals surface area contributed by atoms with Gasteiger partial charge >= 0.3 is 0 Å². The highest BCUT2D eigenvalue weighted by atomic mass is 16.3. The molecule has 5 N–H and O–H groups in total. The molecule has 1 aliphatic rings. The molecule has 0 spiro atoms. The van der Waals surface area contributed by atoms with E-state index >= 15 is 0 Å². The van der Waals surface area contributed by atoms with E-state index in [4.69, 9.17) is 5.84 Å². The van der Waals surface area contributed by atoms with Gasteiger partial charge in [-0.05, 0) is 44.9 Å². The number of rotatable bonds is 4. The summed E-state index contributed by atoms with van der Waals surface area (Å²) >= 11 is 0. The molecule has 0 radical (unpaired) electrons. The van der Waals surface area contributed by atoms with Crippen molar-refractivity contribution >= 4 is 11.6 Å². The highest BCUT2D eigenvalue weighted by Crippen LogP contribution is 2.40. The average Bonchev–Trinajstić information content (AvgIpc) is 2.43. The molecule has 1 aromatic heterocycles. The summed E-state index contributed by atoms with van der Waals surface area (Å²) in [6.45, 7) is 8.76. The fourth-order valence-corrected chi connectivity index (χ4v) is 2.76. The lowest BCUT2D eigenvalue weighted by Crippen LogP contribution is -2.42. The summed E-state index contributed by atoms with van der Waals surface area (Å²) in [4.78, 5) is 8.63. The molecule has 1 heterocycles. The first-order valence-corrected chi connectivity index (χ1v) is 7.53. The standard InChI is InChI=1S/C15H27N5O/c1-10-12(18-11(2)19-13(10)20-16)17-9-15(21)7-5-14(3,4)6-8-15/h21H,5-9,16H2,1-4H3,(H2,17,18,19,20). The van der Waals surface area contributed by atoms with Gasteiger partial charge < -0.3 is 15.8 Å². The molecule has 6 heteroatoms. The third kappa shape index (κ3) is 3.83. The quantitative estimate of drug-likeness (QED) is 0.501. The van der Waals surface area contributed by atoms with Crippen molar-refractivity contribution < 1.29 is 5.11 Å². The number of nitrogens with zero attached hydrogens (tertiary/aromatic N) is 2. The fourth-order valence-electron chi connectivity index (χ4n) is 2.76. The van der Waals surface area contributed by atoms with Crippen molar-refractivity contribution in [2.24, 2.45) is 11.3 Å². The Balaban J connectivity index is 2.05. The Morgan fingerprint density at radius 3 is 2.24 bits per heavy atom. The Morgan fingerprint density at radius 2 is 1.67 bits per heavy atom. The lowest BCUT2D eigenvalue weighted by molar-refractivity contribution is -0.0146. The van der Waals surface area contributed by atoms with Gasteiger partial charge in [-0.15, -0.1) is 0 Å². The van der Waals surface area contributed by atoms with E-state index in [0.29, 0.717) is 23.6 Å². The molecular weight excluding hydrogens is 266 g/mol. The molecule has 1 aliphatic carbocycles. The molecule has 2 rings (SSSR count). The van der Waals surface area contributed by atoms with Gasteiger partial charge in [-0.25, -0.2) is 15.8 Å². The molecule has 0 bridgehead atoms. The maximum absolute atomic E-state index is 10.7. The summed E-state index contributed by atoms with van der Waals surface area (Å²) < 4.78 is 0. The molecule has 0 unspecified atom stereocenters. The van der Waals surface area contributed by atoms with Crippen LogP contribution >= 0.6 is 0 Å². The van der Waals surface area contributed by atoms with Crippen molar-refractivity contribution in [3.8, 4) is 0 Å². The van der Waals surface area contributed by atoms with Crippen LogP contribution in [0.2, 0.25) is 0 Å². The first-order valence-electron chi connectivity index (χ1n) is 7.53. The van der Waals surface area contributed by atoms with Crippen LogP contribution < -0.4 is 16.6 Å². The number of nitrogens with one attached hydrogen (secondary N) is 2. The van der Waals surface area contributed by atoms with Crippen molar-refractivity contribution in [2.75, 3.05) is 17.3 Å². The van der Waals surface area contributed by atoms with Crippen LogP contribution in [0.15, 0.2) is 0 Å². The van der Waals surface area contributed by atoms with Crippen LogP contribution in [0.4, 0.5) is 11.6 Å². The smallest absolute Gasteiger partial charge is 0.148 e. The Kier molecular flexibility index (Phi) is 4.39. The third-order valence-corrected chi connectivity index (χ3v) is 4.51. The summed E-state index contributed by atoms with van der Waals surface area (Å²) in [5.41, 5.74) is 3.13. The number of aromatic nitrogens is 2. The molecule has 0 aromatic carbocycles. The molecule has 0 saturated heterocycles. The minimum atomic E-state index is -0.656. The predicted octanol–water partition coefficient (Wildman–Crippen LogP) is 2.12. The first kappa shape index (κ1) is 16.0. The highest BCUT2D eigenvalue weighted by molar-refractivity contribution is 5.56. The second kappa shape index (κ2) is 5.77. The number of nitrogens with two attached hydrogens (primary N) is 1. The number of hydrogen-bond donors (Lipinski definition) is 4. The normalized spacial score (nSPS) is 20.1. The summed E-state index contributed by atoms with van der Waals surface area (Å²) in [5.74, 6) is 7.45. The molecular formula is C15H27N5O. The fraction of sp³-hybridized carbons (Fsp3) is 0.733. The van der Waals surface area contributed by atoms with Crippen molar-refractivity contribution in [1.82, 2.24) is 9.97 Å². The number of nitrogen functional groups attached to an aromatic ring is 1. The van der Waals surface area contributed by atoms with E-state index in [1.54, 1.807) is 0 Å². The Labute approximate surface area is 126 Å². The average molecular weight is 293 g/mol. The SMILES string of the molecule is Cc1nc(NN)c(C)c(NCC2(O)CCC(C)(C)CC2)n1. The maximum Gasteiger partial charge on any atom is 0.148 e. The van der Waals surface area contributed by atoms with Crippen LogP contribution in [-0.4, -0.2) is 27.2 Å². The summed E-state index contributed by atoms with van der Waals surface area (Å²) in [7, 11) is 0. The molecule has 118 valence electrons. The van der Waals surface area contributed by atoms with Gasteiger partial charge in [0.15, 0.2) is 0 Å². The minimum absolute atomic E-state index is 0.338. The van der Waals surface area contributed by atoms with Crippen LogP contribution in [0.3, 0.4) is 0 Å². The monoisotopic (exact) mass is 293 g/mol. The summed E-state index contributed by atoms with van der Waals surface area (Å²) in [6, 6.07) is 0. The van der Waals surface area contributed by atoms with E-state index in [9.17, 15) is 5.11 Å². The first-order chi connectivity index (χ1) is 9.75. The summed E-state index contributed by atoms with van der Waals surface area (Å²) in [6.07, 6.45) is 3.72. The molecule has 0 aliphatic heterocycles. The van der Waals surface area contributed by atoms with E-state index in [1.165, 1.54) is 0 Å². The molecule has 6 nitrogen and oxygen atoms in total. The van der Waals surface area contributed by atoms with Crippen LogP contribution in [-0.2, 0) is 0 Å². The van der Waals surface area contributed by atoms with Crippen LogP contribution in [0.25, 0.3) is 0 Å². The van der Waals surface area contributed by atoms with E-state index in [1.807, 2.05) is 13.8 Å². The maximum atomic E-state index is 10.7. The van der Waals surface area contributed by atoms with E-state index < -0.39 is 5.60 Å². The van der Waals surface area contributed by atoms with Gasteiger partial charge in [-0.2, -0.15) is 0 Å². The predicted molar refractivity (Wildman–Crippen MR) is 85.0 cm³/mol. The largest absolute Gasteiger partial charge is 0.388 e. The van der Waals surface area contributed by atoms with E-state index in [-0.39, 0.29) is 0 Å². The van der Waals surface area contributed by atoms with Gasteiger partial charge in [-0.3, -0.25) is 0 Å². The van der Waals surface area contributed by atoms with Gasteiger partial charge in [0.05, 0.1) is 5.60 Å². The van der Waals surface area contributed by atoms with Crippen LogP contribution in [0, 0.1) is 19.3 Å². The number of aliphatic hydroxyl groups is 1. The minimum Gasteiger partial charge on any atom is -0.388 e. The zero-order chi connectivity index (χ0) is 15.7. The number of anilines is 2. The second-order valence-electron chi connectivity index (χ2n) is 6.98. The van der Waals surface area contributed by atoms with E-state index in [2.05, 4.69) is 34.6 Å². The Morgan fingerprint density at radius 1 is 1.10 bits per heavy atom. The van der Waals surface area contributed by atoms with Crippen molar-refractivity contribution in [3.05, 3.63) is 11.4 Å². The molecule has 1 saturated carbocycles. The zero-order valence-electron chi connectivity index (χ0n) is 13.5. The number of hydrazine groups is 1. The molecule has 0 atom stereocenters. The van der Waals surface area contributed by atoms with Gasteiger partial charge in [0.25, 0.3) is 0 Å². The van der Waals surface area contributed by atoms with Gasteiger partial charge in [0.2, 0.25) is 0 Å². The van der Waals surface area contributed by atoms with Crippen LogP contribution in [0.1, 0.15) is 50.9 Å². The lowest BCUT2D eigenvalue weighted by Gasteiger charge is -2.40. The van der Waals surface area contributed by atoms with Crippen molar-refractivity contribution in [2.45, 2.75) is 59.0 Å². The number of aryl methyl sites for hydroxylation is 1. The Hall–Kier alpha value is -1.40. The van der Waals surface area contributed by atoms with Gasteiger partial charge in [0.1, 0.15) is 17.5 Å².